The fraction of sp³-hybridized carbons (Fsp3) is 0.862. The second-order valence-corrected chi connectivity index (χ2v) is 25.4. The van der Waals surface area contributed by atoms with Crippen LogP contribution < -0.4 is 0 Å². The Labute approximate surface area is 429 Å². The second-order valence-electron chi connectivity index (χ2n) is 25.4. The number of carbonyl (C=O) groups excluding carboxylic acids is 6. The first-order chi connectivity index (χ1) is 34.0. The Morgan fingerprint density at radius 1 is 0.514 bits per heavy atom. The van der Waals surface area contributed by atoms with Crippen molar-refractivity contribution in [3.8, 4) is 0 Å². The lowest BCUT2D eigenvalue weighted by Gasteiger charge is -2.63. The predicted molar refractivity (Wildman–Crippen MR) is 270 cm³/mol. The highest BCUT2D eigenvalue weighted by Crippen LogP contribution is 2.70. The first kappa shape index (κ1) is 54.4. The van der Waals surface area contributed by atoms with Crippen LogP contribution in [-0.2, 0) is 57.2 Å². The van der Waals surface area contributed by atoms with Crippen LogP contribution in [0.5, 0.6) is 0 Å². The molecule has 0 heterocycles. The van der Waals surface area contributed by atoms with Gasteiger partial charge in [0, 0.05) is 74.6 Å². The van der Waals surface area contributed by atoms with Crippen molar-refractivity contribution in [1.29, 1.82) is 0 Å². The lowest BCUT2D eigenvalue weighted by atomic mass is 9.43. The SMILES string of the molecule is COC(=O)CC[C@@H](C)[C@H]1CC[C@H]2[C@@H]3[C@H](OC(C)=O)C[C@@H]4C[C@H](OC(C)=O)CC[C@]4(C)[C@H]3C/C(=N/N=C3\C[C@H]4[C@@H]([C@H](OC(C)=O)C[C@@H]5C[C@H](OC(C)=O)CC[C@@]54C)[C@@H]4CC[C@H]([C@H](C)CCC(=O)OC)[C@@]34C)[C@]12C. The number of methoxy groups -OCH3 is 2. The molecule has 0 amide bonds. The van der Waals surface area contributed by atoms with Crippen molar-refractivity contribution in [1.82, 2.24) is 0 Å². The van der Waals surface area contributed by atoms with Gasteiger partial charge in [0.05, 0.1) is 14.2 Å². The van der Waals surface area contributed by atoms with Crippen molar-refractivity contribution in [2.24, 2.45) is 103 Å². The van der Waals surface area contributed by atoms with Gasteiger partial charge in [-0.3, -0.25) is 28.8 Å². The van der Waals surface area contributed by atoms with Crippen molar-refractivity contribution in [3.05, 3.63) is 0 Å². The minimum atomic E-state index is -0.408. The van der Waals surface area contributed by atoms with Crippen molar-refractivity contribution in [2.45, 2.75) is 209 Å². The lowest BCUT2D eigenvalue weighted by Crippen LogP contribution is -2.62. The Morgan fingerprint density at radius 2 is 0.875 bits per heavy atom. The number of hydrogen-bond acceptors (Lipinski definition) is 14. The minimum absolute atomic E-state index is 0.0986. The highest BCUT2D eigenvalue weighted by atomic mass is 16.6. The molecule has 0 N–H and O–H groups in total. The third kappa shape index (κ3) is 9.82. The molecule has 0 saturated heterocycles. The Kier molecular flexibility index (Phi) is 15.9. The molecule has 0 aromatic carbocycles. The van der Waals surface area contributed by atoms with E-state index < -0.39 is 10.8 Å². The molecule has 8 fully saturated rings. The number of rotatable bonds is 13. The number of fused-ring (bicyclic) bond motifs is 10. The summed E-state index contributed by atoms with van der Waals surface area (Å²) < 4.78 is 34.9. The van der Waals surface area contributed by atoms with Gasteiger partial charge in [0.1, 0.15) is 24.4 Å². The van der Waals surface area contributed by atoms with Crippen LogP contribution in [0.1, 0.15) is 185 Å². The fourth-order valence-electron chi connectivity index (χ4n) is 18.8. The molecule has 0 aliphatic heterocycles. The van der Waals surface area contributed by atoms with E-state index in [1.807, 2.05) is 0 Å². The van der Waals surface area contributed by atoms with Gasteiger partial charge in [0.15, 0.2) is 0 Å². The molecule has 8 rings (SSSR count). The summed E-state index contributed by atoms with van der Waals surface area (Å²) in [6, 6.07) is 0. The van der Waals surface area contributed by atoms with E-state index >= 15 is 0 Å². The Morgan fingerprint density at radius 3 is 1.21 bits per heavy atom. The maximum atomic E-state index is 13.1. The summed E-state index contributed by atoms with van der Waals surface area (Å²) in [4.78, 5) is 76.0. The highest BCUT2D eigenvalue weighted by molar-refractivity contribution is 5.96. The van der Waals surface area contributed by atoms with Crippen LogP contribution in [0.2, 0.25) is 0 Å². The minimum Gasteiger partial charge on any atom is -0.469 e. The Balaban J connectivity index is 1.27. The van der Waals surface area contributed by atoms with Crippen molar-refractivity contribution >= 4 is 47.2 Å². The van der Waals surface area contributed by atoms with E-state index in [4.69, 9.17) is 38.6 Å². The predicted octanol–water partition coefficient (Wildman–Crippen LogP) is 10.4. The largest absolute Gasteiger partial charge is 0.469 e. The summed E-state index contributed by atoms with van der Waals surface area (Å²) >= 11 is 0. The number of carbonyl (C=O) groups is 6. The number of hydrogen-bond donors (Lipinski definition) is 0. The average molecular weight is 1010 g/mol. The normalized spacial score (nSPS) is 43.8. The summed E-state index contributed by atoms with van der Waals surface area (Å²) in [6.45, 7) is 20.2. The van der Waals surface area contributed by atoms with Crippen molar-refractivity contribution < 1.29 is 57.2 Å². The number of nitrogens with zero attached hydrogens (tertiary/aromatic N) is 2. The Bertz CT molecular complexity index is 2010. The van der Waals surface area contributed by atoms with E-state index in [9.17, 15) is 28.8 Å². The van der Waals surface area contributed by atoms with Crippen molar-refractivity contribution in [2.75, 3.05) is 14.2 Å². The van der Waals surface area contributed by atoms with Crippen LogP contribution >= 0.6 is 0 Å². The van der Waals surface area contributed by atoms with Gasteiger partial charge in [-0.2, -0.15) is 10.2 Å². The lowest BCUT2D eigenvalue weighted by molar-refractivity contribution is -0.186. The third-order valence-corrected chi connectivity index (χ3v) is 22.2. The molecule has 0 aromatic rings. The molecule has 14 heteroatoms. The maximum absolute atomic E-state index is 13.1. The summed E-state index contributed by atoms with van der Waals surface area (Å²) in [5, 5.41) is 11.5. The second kappa shape index (κ2) is 21.1. The first-order valence-corrected chi connectivity index (χ1v) is 28.0. The summed E-state index contributed by atoms with van der Waals surface area (Å²) in [5.41, 5.74) is 1.14. The van der Waals surface area contributed by atoms with E-state index in [0.717, 1.165) is 88.5 Å². The van der Waals surface area contributed by atoms with Crippen LogP contribution in [0.15, 0.2) is 10.2 Å². The molecule has 72 heavy (non-hydrogen) atoms. The average Bonchev–Trinajstić information content (AvgIpc) is 3.86. The van der Waals surface area contributed by atoms with Gasteiger partial charge in [-0.25, -0.2) is 0 Å². The van der Waals surface area contributed by atoms with Gasteiger partial charge in [-0.15, -0.1) is 0 Å². The van der Waals surface area contributed by atoms with Crippen molar-refractivity contribution in [3.63, 3.8) is 0 Å². The van der Waals surface area contributed by atoms with E-state index in [1.54, 1.807) is 0 Å². The monoisotopic (exact) mass is 1000 g/mol. The molecule has 8 aliphatic rings. The molecular weight excluding hydrogens is 917 g/mol. The van der Waals surface area contributed by atoms with Crippen LogP contribution in [0.25, 0.3) is 0 Å². The van der Waals surface area contributed by atoms with E-state index in [1.165, 1.54) is 41.9 Å². The fourth-order valence-corrected chi connectivity index (χ4v) is 18.8. The standard InChI is InChI=1S/C58H88N2O12/c1-31(13-19-51(65)67-11)41-15-17-43-53-45(55(7)23-21-39(69-33(3)61)25-37(55)27-47(53)71-35(5)63)29-49(57(41,43)9)59-60-50-30-46-54(44-18-16-42(58(44,50)10)32(2)14-20-52(66)68-12)48(72-36(6)64)28-38-26-40(70-34(4)62)22-24-56(38,46)8/h31-32,37-48,53-54H,13-30H2,1-12H3/b59-49-,60-50+/t31-,32-,37+,38+,39-,40-,41-,42-,43+,44+,45+,46+,47-,48-,53+,54+,55+,56+,57-,58-/m1/s1. The molecule has 0 aromatic heterocycles. The molecule has 14 nitrogen and oxygen atoms in total. The smallest absolute Gasteiger partial charge is 0.305 e. The zero-order valence-electron chi connectivity index (χ0n) is 45.8. The molecule has 402 valence electrons. The van der Waals surface area contributed by atoms with Crippen LogP contribution in [0.4, 0.5) is 0 Å². The topological polar surface area (TPSA) is 183 Å². The van der Waals surface area contributed by atoms with E-state index in [2.05, 4.69) is 41.5 Å². The van der Waals surface area contributed by atoms with Crippen LogP contribution in [0.3, 0.4) is 0 Å². The molecule has 0 spiro atoms. The van der Waals surface area contributed by atoms with Gasteiger partial charge < -0.3 is 28.4 Å². The molecular formula is C58H88N2O12. The molecule has 0 bridgehead atoms. The van der Waals surface area contributed by atoms with Crippen LogP contribution in [-0.4, -0.2) is 85.9 Å². The van der Waals surface area contributed by atoms with Crippen LogP contribution in [0, 0.1) is 92.7 Å². The molecule has 8 saturated carbocycles. The first-order valence-electron chi connectivity index (χ1n) is 28.0. The zero-order chi connectivity index (χ0) is 52.2. The van der Waals surface area contributed by atoms with E-state index in [-0.39, 0.29) is 142 Å². The van der Waals surface area contributed by atoms with Gasteiger partial charge in [0.25, 0.3) is 0 Å². The summed E-state index contributed by atoms with van der Waals surface area (Å²) in [5.74, 6) is 0.388. The third-order valence-electron chi connectivity index (χ3n) is 22.2. The van der Waals surface area contributed by atoms with E-state index in [0.29, 0.717) is 38.5 Å². The quantitative estimate of drug-likeness (QED) is 0.0968. The van der Waals surface area contributed by atoms with Gasteiger partial charge >= 0.3 is 35.8 Å². The number of esters is 6. The molecule has 8 aliphatic carbocycles. The highest BCUT2D eigenvalue weighted by Gasteiger charge is 2.68. The Hall–Kier alpha value is -3.84. The van der Waals surface area contributed by atoms with Gasteiger partial charge in [0.2, 0.25) is 0 Å². The molecule has 0 radical (unpaired) electrons. The zero-order valence-corrected chi connectivity index (χ0v) is 45.8. The van der Waals surface area contributed by atoms with Gasteiger partial charge in [-0.05, 0) is 173 Å². The molecule has 0 unspecified atom stereocenters. The summed E-state index contributed by atoms with van der Waals surface area (Å²) in [6.07, 6.45) is 12.6. The molecule has 20 atom stereocenters. The summed E-state index contributed by atoms with van der Waals surface area (Å²) in [7, 11) is 2.89. The maximum Gasteiger partial charge on any atom is 0.305 e. The number of ether oxygens (including phenoxy) is 6. The van der Waals surface area contributed by atoms with Gasteiger partial charge in [-0.1, -0.05) is 41.5 Å².